The van der Waals surface area contributed by atoms with Gasteiger partial charge in [0, 0.05) is 51.2 Å². The molecule has 1 fully saturated rings. The summed E-state index contributed by atoms with van der Waals surface area (Å²) in [6.07, 6.45) is 8.28. The largest absolute Gasteiger partial charge is 0.363 e. The van der Waals surface area contributed by atoms with Gasteiger partial charge in [-0.2, -0.15) is 0 Å². The Balaban J connectivity index is 1.37. The Hall–Kier alpha value is -2.86. The molecule has 0 unspecified atom stereocenters. The lowest BCUT2D eigenvalue weighted by Gasteiger charge is -2.40. The van der Waals surface area contributed by atoms with E-state index in [1.807, 2.05) is 37.6 Å². The third-order valence-corrected chi connectivity index (χ3v) is 6.83. The van der Waals surface area contributed by atoms with Gasteiger partial charge in [-0.25, -0.2) is 9.97 Å². The van der Waals surface area contributed by atoms with Gasteiger partial charge in [-0.15, -0.1) is 0 Å². The van der Waals surface area contributed by atoms with Crippen LogP contribution < -0.4 is 9.80 Å². The molecule has 1 aromatic carbocycles. The van der Waals surface area contributed by atoms with E-state index in [2.05, 4.69) is 67.8 Å². The van der Waals surface area contributed by atoms with Gasteiger partial charge in [-0.3, -0.25) is 4.90 Å². The van der Waals surface area contributed by atoms with E-state index in [9.17, 15) is 0 Å². The van der Waals surface area contributed by atoms with E-state index in [1.165, 1.54) is 29.8 Å². The molecule has 2 aliphatic heterocycles. The van der Waals surface area contributed by atoms with Crippen molar-refractivity contribution in [3.05, 3.63) is 66.4 Å². The second-order valence-corrected chi connectivity index (χ2v) is 8.88. The van der Waals surface area contributed by atoms with Crippen molar-refractivity contribution in [2.75, 3.05) is 43.5 Å². The van der Waals surface area contributed by atoms with Gasteiger partial charge in [0.15, 0.2) is 0 Å². The first-order chi connectivity index (χ1) is 14.6. The van der Waals surface area contributed by atoms with E-state index in [4.69, 9.17) is 0 Å². The topological polar surface area (TPSA) is 40.4 Å². The summed E-state index contributed by atoms with van der Waals surface area (Å²) >= 11 is 0. The number of hydrogen-bond acceptors (Lipinski definition) is 5. The van der Waals surface area contributed by atoms with Crippen molar-refractivity contribution in [2.24, 2.45) is 7.05 Å². The summed E-state index contributed by atoms with van der Waals surface area (Å²) in [5, 5.41) is 0. The number of aryl methyl sites for hydroxylation is 1. The molecule has 0 saturated carbocycles. The number of likely N-dealkylation sites (tertiary alicyclic amines) is 1. The minimum Gasteiger partial charge on any atom is -0.363 e. The zero-order valence-corrected chi connectivity index (χ0v) is 18.1. The zero-order valence-electron chi connectivity index (χ0n) is 18.1. The summed E-state index contributed by atoms with van der Waals surface area (Å²) in [5.41, 5.74) is 4.24. The maximum Gasteiger partial charge on any atom is 0.128 e. The third kappa shape index (κ3) is 3.25. The number of para-hydroxylation sites is 1. The Bertz CT molecular complexity index is 1010. The van der Waals surface area contributed by atoms with Crippen LogP contribution in [0.1, 0.15) is 24.2 Å². The van der Waals surface area contributed by atoms with Gasteiger partial charge in [0.05, 0.1) is 18.4 Å². The molecule has 2 aromatic heterocycles. The highest BCUT2D eigenvalue weighted by Crippen LogP contribution is 2.49. The highest BCUT2D eigenvalue weighted by atomic mass is 15.2. The van der Waals surface area contributed by atoms with E-state index in [0.29, 0.717) is 0 Å². The number of fused-ring (bicyclic) bond motifs is 2. The highest BCUT2D eigenvalue weighted by Gasteiger charge is 2.44. The average molecular weight is 403 g/mol. The SMILES string of the molecule is CN(C)c1ccc(N2CC3(CCN(Cc4nccn4C)CC3)c3ccccc32)cn1. The fourth-order valence-corrected chi connectivity index (χ4v) is 4.98. The molecule has 0 amide bonds. The van der Waals surface area contributed by atoms with Crippen molar-refractivity contribution in [3.8, 4) is 0 Å². The monoisotopic (exact) mass is 402 g/mol. The van der Waals surface area contributed by atoms with Crippen molar-refractivity contribution in [2.45, 2.75) is 24.8 Å². The molecule has 6 heteroatoms. The lowest BCUT2D eigenvalue weighted by Crippen LogP contribution is -2.44. The number of pyridine rings is 1. The van der Waals surface area contributed by atoms with E-state index >= 15 is 0 Å². The quantitative estimate of drug-likeness (QED) is 0.667. The first-order valence-electron chi connectivity index (χ1n) is 10.7. The van der Waals surface area contributed by atoms with Gasteiger partial charge in [0.25, 0.3) is 0 Å². The summed E-state index contributed by atoms with van der Waals surface area (Å²) in [6, 6.07) is 13.3. The predicted molar refractivity (Wildman–Crippen MR) is 121 cm³/mol. The van der Waals surface area contributed by atoms with E-state index in [1.54, 1.807) is 0 Å². The van der Waals surface area contributed by atoms with Gasteiger partial charge in [-0.1, -0.05) is 18.2 Å². The van der Waals surface area contributed by atoms with Crippen LogP contribution in [-0.2, 0) is 19.0 Å². The smallest absolute Gasteiger partial charge is 0.128 e. The lowest BCUT2D eigenvalue weighted by molar-refractivity contribution is 0.156. The third-order valence-electron chi connectivity index (χ3n) is 6.83. The second kappa shape index (κ2) is 7.43. The molecule has 30 heavy (non-hydrogen) atoms. The summed E-state index contributed by atoms with van der Waals surface area (Å²) in [5.74, 6) is 2.13. The zero-order chi connectivity index (χ0) is 20.7. The summed E-state index contributed by atoms with van der Waals surface area (Å²) in [6.45, 7) is 4.17. The van der Waals surface area contributed by atoms with Crippen molar-refractivity contribution < 1.29 is 0 Å². The molecular formula is C24H30N6. The first kappa shape index (κ1) is 19.1. The van der Waals surface area contributed by atoms with Crippen molar-refractivity contribution in [1.29, 1.82) is 0 Å². The first-order valence-corrected chi connectivity index (χ1v) is 10.7. The Morgan fingerprint density at radius 1 is 1.03 bits per heavy atom. The number of imidazole rings is 1. The summed E-state index contributed by atoms with van der Waals surface area (Å²) in [4.78, 5) is 16.2. The number of benzene rings is 1. The number of rotatable bonds is 4. The van der Waals surface area contributed by atoms with E-state index < -0.39 is 0 Å². The van der Waals surface area contributed by atoms with Crippen LogP contribution in [0.5, 0.6) is 0 Å². The number of nitrogens with zero attached hydrogens (tertiary/aromatic N) is 6. The normalized spacial score (nSPS) is 18.0. The molecule has 2 aliphatic rings. The Morgan fingerprint density at radius 3 is 2.50 bits per heavy atom. The Labute approximate surface area is 178 Å². The van der Waals surface area contributed by atoms with Crippen molar-refractivity contribution in [3.63, 3.8) is 0 Å². The minimum atomic E-state index is 0.217. The molecule has 5 rings (SSSR count). The minimum absolute atomic E-state index is 0.217. The van der Waals surface area contributed by atoms with Gasteiger partial charge in [0.2, 0.25) is 0 Å². The molecular weight excluding hydrogens is 372 g/mol. The fourth-order valence-electron chi connectivity index (χ4n) is 4.98. The van der Waals surface area contributed by atoms with Gasteiger partial charge >= 0.3 is 0 Å². The fraction of sp³-hybridized carbons (Fsp3) is 0.417. The molecule has 0 radical (unpaired) electrons. The molecule has 0 aliphatic carbocycles. The molecule has 3 aromatic rings. The Morgan fingerprint density at radius 2 is 1.83 bits per heavy atom. The number of hydrogen-bond donors (Lipinski definition) is 0. The van der Waals surface area contributed by atoms with Crippen molar-refractivity contribution >= 4 is 17.2 Å². The summed E-state index contributed by atoms with van der Waals surface area (Å²) in [7, 11) is 6.14. The molecule has 156 valence electrons. The van der Waals surface area contributed by atoms with E-state index in [-0.39, 0.29) is 5.41 Å². The van der Waals surface area contributed by atoms with Gasteiger partial charge < -0.3 is 14.4 Å². The van der Waals surface area contributed by atoms with Crippen LogP contribution in [0.2, 0.25) is 0 Å². The second-order valence-electron chi connectivity index (χ2n) is 8.88. The number of piperidine rings is 1. The van der Waals surface area contributed by atoms with Crippen LogP contribution >= 0.6 is 0 Å². The van der Waals surface area contributed by atoms with Crippen LogP contribution in [0.3, 0.4) is 0 Å². The lowest BCUT2D eigenvalue weighted by atomic mass is 9.74. The molecule has 0 atom stereocenters. The maximum atomic E-state index is 4.66. The Kier molecular flexibility index (Phi) is 4.74. The molecule has 4 heterocycles. The molecule has 1 spiro atoms. The average Bonchev–Trinajstić information content (AvgIpc) is 3.31. The molecule has 0 bridgehead atoms. The van der Waals surface area contributed by atoms with Crippen molar-refractivity contribution in [1.82, 2.24) is 19.4 Å². The van der Waals surface area contributed by atoms with Crippen LogP contribution in [0.25, 0.3) is 0 Å². The maximum absolute atomic E-state index is 4.66. The van der Waals surface area contributed by atoms with E-state index in [0.717, 1.165) is 37.8 Å². The number of aromatic nitrogens is 3. The standard InChI is InChI=1S/C24H30N6/c1-27(2)22-9-8-19(16-26-22)30-18-24(20-6-4-5-7-21(20)30)10-13-29(14-11-24)17-23-25-12-15-28(23)3/h4-9,12,15-16H,10-11,13-14,17-18H2,1-3H3. The highest BCUT2D eigenvalue weighted by molar-refractivity contribution is 5.73. The van der Waals surface area contributed by atoms with Crippen LogP contribution in [0, 0.1) is 0 Å². The van der Waals surface area contributed by atoms with Crippen LogP contribution in [-0.4, -0.2) is 53.2 Å². The van der Waals surface area contributed by atoms with Gasteiger partial charge in [-0.05, 0) is 49.7 Å². The van der Waals surface area contributed by atoms with Crippen LogP contribution in [0.15, 0.2) is 55.0 Å². The summed E-state index contributed by atoms with van der Waals surface area (Å²) < 4.78 is 2.13. The molecule has 6 nitrogen and oxygen atoms in total. The predicted octanol–water partition coefficient (Wildman–Crippen LogP) is 3.57. The van der Waals surface area contributed by atoms with Gasteiger partial charge in [0.1, 0.15) is 11.6 Å². The molecule has 1 saturated heterocycles. The number of anilines is 3. The molecule has 0 N–H and O–H groups in total. The van der Waals surface area contributed by atoms with Crippen LogP contribution in [0.4, 0.5) is 17.2 Å².